The molecule has 1 rings (SSSR count). The van der Waals surface area contributed by atoms with Gasteiger partial charge in [0, 0.05) is 17.5 Å². The molecule has 0 spiro atoms. The van der Waals surface area contributed by atoms with Crippen molar-refractivity contribution in [1.82, 2.24) is 4.90 Å². The van der Waals surface area contributed by atoms with Crippen molar-refractivity contribution >= 4 is 5.78 Å². The molecule has 2 nitrogen and oxygen atoms in total. The van der Waals surface area contributed by atoms with Gasteiger partial charge in [-0.15, -0.1) is 0 Å². The lowest BCUT2D eigenvalue weighted by Crippen LogP contribution is -2.26. The van der Waals surface area contributed by atoms with E-state index in [0.29, 0.717) is 6.54 Å². The maximum atomic E-state index is 12.2. The van der Waals surface area contributed by atoms with Crippen LogP contribution in [0.1, 0.15) is 42.3 Å². The number of aryl methyl sites for hydroxylation is 2. The average Bonchev–Trinajstić information content (AvgIpc) is 2.40. The topological polar surface area (TPSA) is 20.3 Å². The first-order chi connectivity index (χ1) is 10.2. The van der Waals surface area contributed by atoms with E-state index >= 15 is 0 Å². The standard InChI is InChI=1S/C20H27NO/c1-16-10-11-18(14-17(16)2)19(22)15-21(6)13-9-7-8-12-20(3,4)5/h7,9-11,14H,13,15H2,1-6H3/b9-7+. The van der Waals surface area contributed by atoms with Crippen LogP contribution in [0.4, 0.5) is 0 Å². The highest BCUT2D eigenvalue weighted by atomic mass is 16.1. The second-order valence-electron chi connectivity index (χ2n) is 6.84. The quantitative estimate of drug-likeness (QED) is 0.604. The van der Waals surface area contributed by atoms with E-state index in [1.165, 1.54) is 5.56 Å². The van der Waals surface area contributed by atoms with Gasteiger partial charge in [0.2, 0.25) is 0 Å². The number of allylic oxidation sites excluding steroid dienone is 1. The Morgan fingerprint density at radius 3 is 2.50 bits per heavy atom. The van der Waals surface area contributed by atoms with Crippen molar-refractivity contribution in [1.29, 1.82) is 0 Å². The molecule has 2 heteroatoms. The molecule has 0 saturated carbocycles. The lowest BCUT2D eigenvalue weighted by atomic mass is 9.98. The second kappa shape index (κ2) is 7.96. The fourth-order valence-electron chi connectivity index (χ4n) is 1.87. The van der Waals surface area contributed by atoms with E-state index in [-0.39, 0.29) is 11.2 Å². The molecule has 118 valence electrons. The van der Waals surface area contributed by atoms with Gasteiger partial charge >= 0.3 is 0 Å². The summed E-state index contributed by atoms with van der Waals surface area (Å²) in [5.74, 6) is 6.34. The van der Waals surface area contributed by atoms with Crippen LogP contribution in [0.15, 0.2) is 30.4 Å². The summed E-state index contributed by atoms with van der Waals surface area (Å²) >= 11 is 0. The minimum atomic E-state index is 0.0233. The first-order valence-corrected chi connectivity index (χ1v) is 7.66. The Balaban J connectivity index is 2.52. The Morgan fingerprint density at radius 1 is 1.23 bits per heavy atom. The molecular formula is C20H27NO. The summed E-state index contributed by atoms with van der Waals surface area (Å²) in [6.07, 6.45) is 3.86. The predicted molar refractivity (Wildman–Crippen MR) is 94.1 cm³/mol. The summed E-state index contributed by atoms with van der Waals surface area (Å²) in [6.45, 7) is 11.5. The molecule has 0 aliphatic carbocycles. The summed E-state index contributed by atoms with van der Waals surface area (Å²) in [6, 6.07) is 5.88. The zero-order valence-corrected chi connectivity index (χ0v) is 14.7. The third-order valence-electron chi connectivity index (χ3n) is 3.31. The van der Waals surface area contributed by atoms with Gasteiger partial charge < -0.3 is 0 Å². The van der Waals surface area contributed by atoms with E-state index in [0.717, 1.165) is 17.7 Å². The molecule has 0 aliphatic rings. The fraction of sp³-hybridized carbons (Fsp3) is 0.450. The molecule has 0 N–H and O–H groups in total. The normalized spacial score (nSPS) is 11.6. The molecule has 0 bridgehead atoms. The highest BCUT2D eigenvalue weighted by molar-refractivity contribution is 5.97. The zero-order chi connectivity index (χ0) is 16.8. The van der Waals surface area contributed by atoms with Crippen molar-refractivity contribution in [2.75, 3.05) is 20.1 Å². The Morgan fingerprint density at radius 2 is 1.91 bits per heavy atom. The Bertz CT molecular complexity index is 609. The number of ketones is 1. The monoisotopic (exact) mass is 297 g/mol. The zero-order valence-electron chi connectivity index (χ0n) is 14.7. The van der Waals surface area contributed by atoms with Gasteiger partial charge in [0.1, 0.15) is 0 Å². The number of likely N-dealkylation sites (N-methyl/N-ethyl adjacent to an activating group) is 1. The summed E-state index contributed by atoms with van der Waals surface area (Å²) in [5, 5.41) is 0. The van der Waals surface area contributed by atoms with Gasteiger partial charge in [-0.1, -0.05) is 30.0 Å². The number of Topliss-reactive ketones (excluding diaryl/α,β-unsaturated/α-hetero) is 1. The smallest absolute Gasteiger partial charge is 0.176 e. The maximum absolute atomic E-state index is 12.2. The molecule has 22 heavy (non-hydrogen) atoms. The number of carbonyl (C=O) groups excluding carboxylic acids is 1. The number of benzene rings is 1. The molecule has 0 amide bonds. The lowest BCUT2D eigenvalue weighted by molar-refractivity contribution is 0.0951. The number of nitrogens with zero attached hydrogens (tertiary/aromatic N) is 1. The highest BCUT2D eigenvalue weighted by Gasteiger charge is 2.09. The van der Waals surface area contributed by atoms with E-state index < -0.39 is 0 Å². The predicted octanol–water partition coefficient (Wildman–Crippen LogP) is 4.02. The third kappa shape index (κ3) is 6.74. The van der Waals surface area contributed by atoms with Gasteiger partial charge in [0.25, 0.3) is 0 Å². The molecule has 1 aromatic carbocycles. The van der Waals surface area contributed by atoms with Crippen molar-refractivity contribution in [2.45, 2.75) is 34.6 Å². The van der Waals surface area contributed by atoms with E-state index in [4.69, 9.17) is 0 Å². The van der Waals surface area contributed by atoms with Crippen LogP contribution in [-0.4, -0.2) is 30.8 Å². The number of carbonyl (C=O) groups is 1. The van der Waals surface area contributed by atoms with Gasteiger partial charge in [-0.3, -0.25) is 9.69 Å². The molecule has 0 aliphatic heterocycles. The second-order valence-corrected chi connectivity index (χ2v) is 6.84. The SMILES string of the molecule is Cc1ccc(C(=O)CN(C)C/C=C/C#CC(C)(C)C)cc1C. The van der Waals surface area contributed by atoms with E-state index in [1.807, 2.05) is 49.2 Å². The first-order valence-electron chi connectivity index (χ1n) is 7.66. The van der Waals surface area contributed by atoms with Gasteiger partial charge in [0.15, 0.2) is 5.78 Å². The number of rotatable bonds is 5. The summed E-state index contributed by atoms with van der Waals surface area (Å²) in [7, 11) is 1.94. The van der Waals surface area contributed by atoms with Crippen LogP contribution in [0, 0.1) is 31.1 Å². The number of hydrogen-bond acceptors (Lipinski definition) is 2. The third-order valence-corrected chi connectivity index (χ3v) is 3.31. The molecular weight excluding hydrogens is 270 g/mol. The molecule has 0 saturated heterocycles. The molecule has 0 aromatic heterocycles. The highest BCUT2D eigenvalue weighted by Crippen LogP contribution is 2.11. The van der Waals surface area contributed by atoms with Crippen LogP contribution in [0.2, 0.25) is 0 Å². The van der Waals surface area contributed by atoms with Crippen molar-refractivity contribution in [3.05, 3.63) is 47.0 Å². The van der Waals surface area contributed by atoms with E-state index in [1.54, 1.807) is 0 Å². The van der Waals surface area contributed by atoms with Crippen LogP contribution >= 0.6 is 0 Å². The minimum Gasteiger partial charge on any atom is -0.295 e. The minimum absolute atomic E-state index is 0.0233. The summed E-state index contributed by atoms with van der Waals surface area (Å²) in [5.41, 5.74) is 3.18. The van der Waals surface area contributed by atoms with Crippen LogP contribution in [0.3, 0.4) is 0 Å². The van der Waals surface area contributed by atoms with Crippen LogP contribution in [0.5, 0.6) is 0 Å². The van der Waals surface area contributed by atoms with Gasteiger partial charge in [-0.05, 0) is 64.9 Å². The molecule has 0 heterocycles. The van der Waals surface area contributed by atoms with Crippen molar-refractivity contribution in [2.24, 2.45) is 5.41 Å². The molecule has 0 radical (unpaired) electrons. The first kappa shape index (κ1) is 18.2. The maximum Gasteiger partial charge on any atom is 0.176 e. The summed E-state index contributed by atoms with van der Waals surface area (Å²) in [4.78, 5) is 14.2. The Labute approximate surface area is 135 Å². The largest absolute Gasteiger partial charge is 0.295 e. The van der Waals surface area contributed by atoms with E-state index in [9.17, 15) is 4.79 Å². The van der Waals surface area contributed by atoms with Crippen LogP contribution in [0.25, 0.3) is 0 Å². The summed E-state index contributed by atoms with van der Waals surface area (Å²) < 4.78 is 0. The fourth-order valence-corrected chi connectivity index (χ4v) is 1.87. The molecule has 0 fully saturated rings. The van der Waals surface area contributed by atoms with Crippen molar-refractivity contribution in [3.8, 4) is 11.8 Å². The van der Waals surface area contributed by atoms with Crippen LogP contribution < -0.4 is 0 Å². The Hall–Kier alpha value is -1.85. The van der Waals surface area contributed by atoms with Gasteiger partial charge in [-0.2, -0.15) is 0 Å². The lowest BCUT2D eigenvalue weighted by Gasteiger charge is -2.13. The molecule has 1 aromatic rings. The average molecular weight is 297 g/mol. The van der Waals surface area contributed by atoms with Gasteiger partial charge in [0.05, 0.1) is 6.54 Å². The van der Waals surface area contributed by atoms with Gasteiger partial charge in [-0.25, -0.2) is 0 Å². The Kier molecular flexibility index (Phi) is 6.59. The number of hydrogen-bond donors (Lipinski definition) is 0. The molecule has 0 atom stereocenters. The van der Waals surface area contributed by atoms with Crippen molar-refractivity contribution in [3.63, 3.8) is 0 Å². The molecule has 0 unspecified atom stereocenters. The van der Waals surface area contributed by atoms with E-state index in [2.05, 4.69) is 39.5 Å². The van der Waals surface area contributed by atoms with Crippen molar-refractivity contribution < 1.29 is 4.79 Å². The van der Waals surface area contributed by atoms with Crippen LogP contribution in [-0.2, 0) is 0 Å².